The number of hydrogen-bond donors (Lipinski definition) is 0. The summed E-state index contributed by atoms with van der Waals surface area (Å²) in [6.45, 7) is 2.58. The molecule has 4 heterocycles. The lowest BCUT2D eigenvalue weighted by Gasteiger charge is -2.19. The quantitative estimate of drug-likeness (QED) is 0.438. The zero-order chi connectivity index (χ0) is 20.5. The molecule has 1 aromatic carbocycles. The minimum absolute atomic E-state index is 0.154. The van der Waals surface area contributed by atoms with Crippen LogP contribution in [-0.4, -0.2) is 42.6 Å². The highest BCUT2D eigenvalue weighted by molar-refractivity contribution is 7.99. The van der Waals surface area contributed by atoms with Crippen molar-refractivity contribution in [2.75, 3.05) is 5.75 Å². The smallest absolute Gasteiger partial charge is 0.253 e. The molecule has 0 fully saturated rings. The summed E-state index contributed by atoms with van der Waals surface area (Å²) in [5, 5.41) is 19.2. The number of para-hydroxylation sites is 1. The first-order valence-electron chi connectivity index (χ1n) is 9.54. The van der Waals surface area contributed by atoms with Gasteiger partial charge in [0.25, 0.3) is 5.91 Å². The zero-order valence-electron chi connectivity index (χ0n) is 16.1. The number of amides is 1. The molecule has 0 spiro atoms. The molecule has 10 heteroatoms. The van der Waals surface area contributed by atoms with E-state index in [-0.39, 0.29) is 17.7 Å². The van der Waals surface area contributed by atoms with E-state index in [2.05, 4.69) is 20.6 Å². The zero-order valence-corrected chi connectivity index (χ0v) is 17.0. The number of furan rings is 2. The van der Waals surface area contributed by atoms with Gasteiger partial charge in [-0.3, -0.25) is 4.79 Å². The highest BCUT2D eigenvalue weighted by Crippen LogP contribution is 2.35. The Morgan fingerprint density at radius 2 is 2.17 bits per heavy atom. The van der Waals surface area contributed by atoms with E-state index in [1.165, 1.54) is 16.8 Å². The molecule has 5 rings (SSSR count). The van der Waals surface area contributed by atoms with Gasteiger partial charge >= 0.3 is 0 Å². The summed E-state index contributed by atoms with van der Waals surface area (Å²) in [4.78, 5) is 13.0. The monoisotopic (exact) mass is 422 g/mol. The summed E-state index contributed by atoms with van der Waals surface area (Å²) in [5.74, 6) is 1.35. The van der Waals surface area contributed by atoms with Crippen LogP contribution in [0.1, 0.15) is 30.9 Å². The normalized spacial score (nSPS) is 16.4. The molecule has 4 aromatic rings. The number of benzene rings is 1. The van der Waals surface area contributed by atoms with Crippen LogP contribution in [0.2, 0.25) is 0 Å². The van der Waals surface area contributed by atoms with Gasteiger partial charge in [-0.1, -0.05) is 30.0 Å². The number of aromatic nitrogens is 4. The largest absolute Gasteiger partial charge is 0.467 e. The van der Waals surface area contributed by atoms with Crippen LogP contribution in [0.25, 0.3) is 11.0 Å². The number of nitrogens with zero attached hydrogens (tertiary/aromatic N) is 6. The molecule has 1 atom stereocenters. The van der Waals surface area contributed by atoms with E-state index in [1.807, 2.05) is 43.3 Å². The van der Waals surface area contributed by atoms with Gasteiger partial charge in [-0.05, 0) is 41.6 Å². The first kappa shape index (κ1) is 18.6. The standard InChI is InChI=1S/C20H18N6O3S/c1-2-25-20(21-23-24-25)30-12-19(27)26-15(17-8-5-9-28-17)11-14(22-26)18-10-13-6-3-4-7-16(13)29-18/h3-10,15H,2,11-12H2,1H3. The van der Waals surface area contributed by atoms with Crippen molar-refractivity contribution in [2.45, 2.75) is 31.1 Å². The van der Waals surface area contributed by atoms with Crippen molar-refractivity contribution in [2.24, 2.45) is 5.10 Å². The average Bonchev–Trinajstić information content (AvgIpc) is 3.55. The summed E-state index contributed by atoms with van der Waals surface area (Å²) in [7, 11) is 0. The highest BCUT2D eigenvalue weighted by Gasteiger charge is 2.36. The minimum Gasteiger partial charge on any atom is -0.467 e. The molecule has 1 aliphatic heterocycles. The molecule has 9 nitrogen and oxygen atoms in total. The van der Waals surface area contributed by atoms with E-state index in [4.69, 9.17) is 8.83 Å². The van der Waals surface area contributed by atoms with Crippen molar-refractivity contribution in [1.82, 2.24) is 25.2 Å². The first-order chi connectivity index (χ1) is 14.7. The van der Waals surface area contributed by atoms with Crippen LogP contribution in [0, 0.1) is 0 Å². The van der Waals surface area contributed by atoms with Crippen molar-refractivity contribution < 1.29 is 13.6 Å². The average molecular weight is 422 g/mol. The fourth-order valence-corrected chi connectivity index (χ4v) is 4.20. The molecule has 30 heavy (non-hydrogen) atoms. The van der Waals surface area contributed by atoms with Crippen molar-refractivity contribution >= 4 is 34.3 Å². The Hall–Kier alpha value is -3.40. The van der Waals surface area contributed by atoms with Gasteiger partial charge in [0.1, 0.15) is 23.1 Å². The number of hydrazone groups is 1. The summed E-state index contributed by atoms with van der Waals surface area (Å²) in [5.41, 5.74) is 1.50. The predicted molar refractivity (Wildman–Crippen MR) is 110 cm³/mol. The van der Waals surface area contributed by atoms with Gasteiger partial charge in [0.2, 0.25) is 5.16 Å². The van der Waals surface area contributed by atoms with Gasteiger partial charge < -0.3 is 8.83 Å². The number of hydrogen-bond acceptors (Lipinski definition) is 8. The second-order valence-corrected chi connectivity index (χ2v) is 7.68. The number of aryl methyl sites for hydroxylation is 1. The van der Waals surface area contributed by atoms with Crippen LogP contribution < -0.4 is 0 Å². The lowest BCUT2D eigenvalue weighted by Crippen LogP contribution is -2.28. The fraction of sp³-hybridized carbons (Fsp3) is 0.250. The molecule has 0 aliphatic carbocycles. The van der Waals surface area contributed by atoms with E-state index in [1.54, 1.807) is 17.0 Å². The Bertz CT molecular complexity index is 1180. The van der Waals surface area contributed by atoms with Gasteiger partial charge in [0, 0.05) is 18.4 Å². The number of thioether (sulfide) groups is 1. The SMILES string of the molecule is CCn1nnnc1SCC(=O)N1N=C(c2cc3ccccc3o2)CC1c1ccco1. The van der Waals surface area contributed by atoms with Gasteiger partial charge in [-0.15, -0.1) is 5.10 Å². The molecule has 0 saturated heterocycles. The molecule has 0 bridgehead atoms. The Morgan fingerprint density at radius 3 is 2.97 bits per heavy atom. The Kier molecular flexibility index (Phi) is 4.83. The van der Waals surface area contributed by atoms with E-state index < -0.39 is 0 Å². The molecule has 0 N–H and O–H groups in total. The van der Waals surface area contributed by atoms with Crippen LogP contribution in [0.5, 0.6) is 0 Å². The molecule has 1 amide bonds. The van der Waals surface area contributed by atoms with Gasteiger partial charge in [0.05, 0.1) is 12.0 Å². The van der Waals surface area contributed by atoms with E-state index in [0.29, 0.717) is 35.4 Å². The molecular formula is C20H18N6O3S. The Labute approximate surface area is 175 Å². The first-order valence-corrected chi connectivity index (χ1v) is 10.5. The number of tetrazole rings is 1. The molecular weight excluding hydrogens is 404 g/mol. The molecule has 152 valence electrons. The van der Waals surface area contributed by atoms with E-state index in [9.17, 15) is 4.79 Å². The van der Waals surface area contributed by atoms with Gasteiger partial charge in [-0.2, -0.15) is 5.10 Å². The number of carbonyl (C=O) groups is 1. The second-order valence-electron chi connectivity index (χ2n) is 6.73. The summed E-state index contributed by atoms with van der Waals surface area (Å²) in [6, 6.07) is 13.1. The van der Waals surface area contributed by atoms with Crippen molar-refractivity contribution in [3.05, 3.63) is 60.2 Å². The maximum Gasteiger partial charge on any atom is 0.253 e. The highest BCUT2D eigenvalue weighted by atomic mass is 32.2. The molecule has 1 aliphatic rings. The maximum atomic E-state index is 13.0. The third kappa shape index (κ3) is 3.39. The van der Waals surface area contributed by atoms with Crippen molar-refractivity contribution in [3.8, 4) is 0 Å². The van der Waals surface area contributed by atoms with Crippen LogP contribution >= 0.6 is 11.8 Å². The lowest BCUT2D eigenvalue weighted by molar-refractivity contribution is -0.130. The molecule has 0 saturated carbocycles. The van der Waals surface area contributed by atoms with Crippen LogP contribution in [0.3, 0.4) is 0 Å². The van der Waals surface area contributed by atoms with Gasteiger partial charge in [0.15, 0.2) is 5.76 Å². The lowest BCUT2D eigenvalue weighted by atomic mass is 10.1. The van der Waals surface area contributed by atoms with Crippen LogP contribution in [-0.2, 0) is 11.3 Å². The molecule has 1 unspecified atom stereocenters. The third-order valence-corrected chi connectivity index (χ3v) is 5.81. The fourth-order valence-electron chi connectivity index (χ4n) is 3.41. The number of rotatable bonds is 6. The van der Waals surface area contributed by atoms with E-state index >= 15 is 0 Å². The second kappa shape index (κ2) is 7.79. The maximum absolute atomic E-state index is 13.0. The topological polar surface area (TPSA) is 103 Å². The predicted octanol–water partition coefficient (Wildman–Crippen LogP) is 3.50. The molecule has 0 radical (unpaired) electrons. The summed E-state index contributed by atoms with van der Waals surface area (Å²) in [6.07, 6.45) is 2.11. The summed E-state index contributed by atoms with van der Waals surface area (Å²) >= 11 is 1.29. The summed E-state index contributed by atoms with van der Waals surface area (Å²) < 4.78 is 13.2. The van der Waals surface area contributed by atoms with Gasteiger partial charge in [-0.25, -0.2) is 9.69 Å². The minimum atomic E-state index is -0.321. The molecule has 3 aromatic heterocycles. The van der Waals surface area contributed by atoms with Crippen LogP contribution in [0.15, 0.2) is 67.8 Å². The van der Waals surface area contributed by atoms with E-state index in [0.717, 1.165) is 11.0 Å². The van der Waals surface area contributed by atoms with Crippen molar-refractivity contribution in [1.29, 1.82) is 0 Å². The third-order valence-electron chi connectivity index (χ3n) is 4.87. The number of carbonyl (C=O) groups excluding carboxylic acids is 1. The van der Waals surface area contributed by atoms with Crippen LogP contribution in [0.4, 0.5) is 0 Å². The van der Waals surface area contributed by atoms with Crippen molar-refractivity contribution in [3.63, 3.8) is 0 Å². The Balaban J connectivity index is 1.41. The Morgan fingerprint density at radius 1 is 1.27 bits per heavy atom. The number of fused-ring (bicyclic) bond motifs is 1.